The zero-order valence-corrected chi connectivity index (χ0v) is 19.8. The molecule has 1 aliphatic rings. The molecule has 3 heterocycles. The molecule has 2 aromatic heterocycles. The fourth-order valence-electron chi connectivity index (χ4n) is 4.52. The van der Waals surface area contributed by atoms with Crippen molar-refractivity contribution in [1.82, 2.24) is 29.1 Å². The molecule has 9 heteroatoms. The van der Waals surface area contributed by atoms with E-state index in [4.69, 9.17) is 4.98 Å². The van der Waals surface area contributed by atoms with Gasteiger partial charge in [0, 0.05) is 44.3 Å². The predicted molar refractivity (Wildman–Crippen MR) is 133 cm³/mol. The number of amides is 1. The minimum absolute atomic E-state index is 0.153. The number of carbonyl (C=O) groups excluding carboxylic acids is 1. The van der Waals surface area contributed by atoms with E-state index >= 15 is 0 Å². The average molecular weight is 460 g/mol. The second kappa shape index (κ2) is 9.00. The summed E-state index contributed by atoms with van der Waals surface area (Å²) in [6.07, 6.45) is 0. The maximum atomic E-state index is 12.8. The minimum atomic E-state index is -0.308. The Morgan fingerprint density at radius 3 is 2.53 bits per heavy atom. The highest BCUT2D eigenvalue weighted by Crippen LogP contribution is 2.21. The van der Waals surface area contributed by atoms with E-state index in [1.54, 1.807) is 6.07 Å². The van der Waals surface area contributed by atoms with Crippen LogP contribution in [0.1, 0.15) is 11.5 Å². The van der Waals surface area contributed by atoms with Crippen LogP contribution in [0.4, 0.5) is 5.69 Å². The number of nitrogens with one attached hydrogen (secondary N) is 1. The summed E-state index contributed by atoms with van der Waals surface area (Å²) in [4.78, 5) is 35.1. The topological polar surface area (TPSA) is 88.3 Å². The van der Waals surface area contributed by atoms with Gasteiger partial charge in [-0.2, -0.15) is 5.10 Å². The molecule has 2 aromatic carbocycles. The van der Waals surface area contributed by atoms with Crippen LogP contribution in [0, 0.1) is 6.92 Å². The van der Waals surface area contributed by atoms with Crippen molar-refractivity contribution in [2.75, 3.05) is 38.5 Å². The summed E-state index contributed by atoms with van der Waals surface area (Å²) in [5, 5.41) is 8.58. The second-order valence-electron chi connectivity index (χ2n) is 9.01. The molecular weight excluding hydrogens is 430 g/mol. The zero-order chi connectivity index (χ0) is 23.8. The Kier molecular flexibility index (Phi) is 5.89. The zero-order valence-electron chi connectivity index (χ0n) is 19.8. The van der Waals surface area contributed by atoms with Gasteiger partial charge in [0.05, 0.1) is 28.7 Å². The molecule has 5 rings (SSSR count). The van der Waals surface area contributed by atoms with Crippen molar-refractivity contribution in [2.24, 2.45) is 7.05 Å². The van der Waals surface area contributed by atoms with E-state index in [2.05, 4.69) is 31.8 Å². The van der Waals surface area contributed by atoms with Gasteiger partial charge in [-0.1, -0.05) is 18.2 Å². The lowest BCUT2D eigenvalue weighted by molar-refractivity contribution is -0.117. The van der Waals surface area contributed by atoms with E-state index in [0.29, 0.717) is 16.8 Å². The summed E-state index contributed by atoms with van der Waals surface area (Å²) in [6.45, 7) is 6.68. The van der Waals surface area contributed by atoms with Gasteiger partial charge >= 0.3 is 0 Å². The maximum absolute atomic E-state index is 12.8. The lowest BCUT2D eigenvalue weighted by atomic mass is 10.1. The molecule has 4 aromatic rings. The number of rotatable bonds is 5. The van der Waals surface area contributed by atoms with Crippen LogP contribution >= 0.6 is 0 Å². The number of likely N-dealkylation sites (N-methyl/N-ethyl adjacent to an activating group) is 1. The molecule has 0 bridgehead atoms. The number of piperazine rings is 1. The molecule has 0 atom stereocenters. The van der Waals surface area contributed by atoms with Gasteiger partial charge < -0.3 is 14.8 Å². The molecule has 1 fully saturated rings. The highest BCUT2D eigenvalue weighted by Gasteiger charge is 2.18. The van der Waals surface area contributed by atoms with Crippen molar-refractivity contribution >= 4 is 33.4 Å². The van der Waals surface area contributed by atoms with Gasteiger partial charge in [-0.3, -0.25) is 14.5 Å². The first-order valence-corrected chi connectivity index (χ1v) is 11.5. The Morgan fingerprint density at radius 1 is 1.03 bits per heavy atom. The summed E-state index contributed by atoms with van der Waals surface area (Å²) in [7, 11) is 4.18. The number of hydrogen-bond acceptors (Lipinski definition) is 6. The molecular formula is C25H29N7O2. The number of aromatic nitrogens is 4. The smallest absolute Gasteiger partial charge is 0.275 e. The van der Waals surface area contributed by atoms with Gasteiger partial charge in [-0.25, -0.2) is 9.67 Å². The molecule has 1 N–H and O–H groups in total. The summed E-state index contributed by atoms with van der Waals surface area (Å²) in [5.74, 6) is 0.697. The van der Waals surface area contributed by atoms with Crippen LogP contribution in [0.3, 0.4) is 0 Å². The van der Waals surface area contributed by atoms with Crippen LogP contribution in [0.2, 0.25) is 0 Å². The SMILES string of the molecule is Cc1nn(CC(=O)Nc2ccc3c(c2)nc(CN2CCN(C)CC2)n3C)c(=O)c2ccccc12. The second-order valence-corrected chi connectivity index (χ2v) is 9.01. The van der Waals surface area contributed by atoms with E-state index in [-0.39, 0.29) is 18.0 Å². The Bertz CT molecular complexity index is 1430. The van der Waals surface area contributed by atoms with Crippen LogP contribution in [0.25, 0.3) is 21.8 Å². The standard InChI is InChI=1S/C25H29N7O2/c1-17-19-6-4-5-7-20(19)25(34)32(28-17)16-24(33)26-18-8-9-22-21(14-18)27-23(30(22)3)15-31-12-10-29(2)11-13-31/h4-9,14H,10-13,15-16H2,1-3H3,(H,26,33). The van der Waals surface area contributed by atoms with Crippen LogP contribution in [-0.2, 0) is 24.9 Å². The van der Waals surface area contributed by atoms with Gasteiger partial charge in [0.15, 0.2) is 0 Å². The van der Waals surface area contributed by atoms with Crippen molar-refractivity contribution in [3.8, 4) is 0 Å². The van der Waals surface area contributed by atoms with Crippen LogP contribution in [-0.4, -0.2) is 68.3 Å². The van der Waals surface area contributed by atoms with Crippen molar-refractivity contribution in [3.05, 3.63) is 64.3 Å². The Morgan fingerprint density at radius 2 is 1.76 bits per heavy atom. The third kappa shape index (κ3) is 4.32. The lowest BCUT2D eigenvalue weighted by Crippen LogP contribution is -2.44. The number of aryl methyl sites for hydroxylation is 2. The average Bonchev–Trinajstić information content (AvgIpc) is 3.13. The Balaban J connectivity index is 1.32. The first-order valence-electron chi connectivity index (χ1n) is 11.5. The van der Waals surface area contributed by atoms with Gasteiger partial charge in [-0.15, -0.1) is 0 Å². The molecule has 176 valence electrons. The van der Waals surface area contributed by atoms with Crippen molar-refractivity contribution in [1.29, 1.82) is 0 Å². The first-order chi connectivity index (χ1) is 16.4. The Hall–Kier alpha value is -3.56. The first kappa shape index (κ1) is 22.2. The molecule has 1 amide bonds. The van der Waals surface area contributed by atoms with Crippen LogP contribution < -0.4 is 10.9 Å². The predicted octanol–water partition coefficient (Wildman–Crippen LogP) is 1.98. The molecule has 0 radical (unpaired) electrons. The number of anilines is 1. The number of benzene rings is 2. The van der Waals surface area contributed by atoms with Crippen LogP contribution in [0.15, 0.2) is 47.3 Å². The maximum Gasteiger partial charge on any atom is 0.275 e. The van der Waals surface area contributed by atoms with Gasteiger partial charge in [0.25, 0.3) is 5.56 Å². The summed E-state index contributed by atoms with van der Waals surface area (Å²) in [6, 6.07) is 13.0. The minimum Gasteiger partial charge on any atom is -0.330 e. The third-order valence-corrected chi connectivity index (χ3v) is 6.56. The lowest BCUT2D eigenvalue weighted by Gasteiger charge is -2.31. The number of hydrogen-bond donors (Lipinski definition) is 1. The highest BCUT2D eigenvalue weighted by atomic mass is 16.2. The fourth-order valence-corrected chi connectivity index (χ4v) is 4.52. The van der Waals surface area contributed by atoms with E-state index in [1.807, 2.05) is 50.4 Å². The van der Waals surface area contributed by atoms with Crippen molar-refractivity contribution < 1.29 is 4.79 Å². The number of nitrogens with zero attached hydrogens (tertiary/aromatic N) is 6. The van der Waals surface area contributed by atoms with Crippen LogP contribution in [0.5, 0.6) is 0 Å². The molecule has 0 unspecified atom stereocenters. The normalized spacial score (nSPS) is 15.3. The van der Waals surface area contributed by atoms with Crippen molar-refractivity contribution in [2.45, 2.75) is 20.0 Å². The van der Waals surface area contributed by atoms with E-state index < -0.39 is 0 Å². The molecule has 9 nitrogen and oxygen atoms in total. The van der Waals surface area contributed by atoms with E-state index in [0.717, 1.165) is 55.0 Å². The van der Waals surface area contributed by atoms with Gasteiger partial charge in [0.1, 0.15) is 12.4 Å². The molecule has 0 saturated carbocycles. The van der Waals surface area contributed by atoms with Crippen molar-refractivity contribution in [3.63, 3.8) is 0 Å². The molecule has 1 aliphatic heterocycles. The number of carbonyl (C=O) groups is 1. The molecule has 1 saturated heterocycles. The summed E-state index contributed by atoms with van der Waals surface area (Å²) >= 11 is 0. The fraction of sp³-hybridized carbons (Fsp3) is 0.360. The number of fused-ring (bicyclic) bond motifs is 2. The molecule has 0 spiro atoms. The largest absolute Gasteiger partial charge is 0.330 e. The monoisotopic (exact) mass is 459 g/mol. The summed E-state index contributed by atoms with van der Waals surface area (Å²) < 4.78 is 3.33. The third-order valence-electron chi connectivity index (χ3n) is 6.56. The van der Waals surface area contributed by atoms with Gasteiger partial charge in [-0.05, 0) is 38.2 Å². The summed E-state index contributed by atoms with van der Waals surface area (Å²) in [5.41, 5.74) is 2.94. The molecule has 0 aliphatic carbocycles. The quantitative estimate of drug-likeness (QED) is 0.491. The van der Waals surface area contributed by atoms with E-state index in [9.17, 15) is 9.59 Å². The highest BCUT2D eigenvalue weighted by molar-refractivity contribution is 5.93. The molecule has 34 heavy (non-hydrogen) atoms. The van der Waals surface area contributed by atoms with E-state index in [1.165, 1.54) is 4.68 Å². The number of imidazole rings is 1. The Labute approximate surface area is 197 Å². The van der Waals surface area contributed by atoms with Gasteiger partial charge in [0.2, 0.25) is 5.91 Å².